The zero-order chi connectivity index (χ0) is 24.4. The van der Waals surface area contributed by atoms with Gasteiger partial charge in [-0.3, -0.25) is 0 Å². The summed E-state index contributed by atoms with van der Waals surface area (Å²) in [6.45, 7) is 6.13. The maximum atomic E-state index is 13.2. The van der Waals surface area contributed by atoms with E-state index in [1.54, 1.807) is 16.4 Å². The number of benzene rings is 3. The van der Waals surface area contributed by atoms with Crippen molar-refractivity contribution in [2.24, 2.45) is 0 Å². The van der Waals surface area contributed by atoms with Crippen molar-refractivity contribution in [3.05, 3.63) is 96.1 Å². The third-order valence-electron chi connectivity index (χ3n) is 6.61. The number of nitrogens with zero attached hydrogens (tertiary/aromatic N) is 4. The minimum Gasteiger partial charge on any atom is -0.352 e. The van der Waals surface area contributed by atoms with Crippen LogP contribution < -0.4 is 4.90 Å². The molecular formula is C28H28N4O2S. The zero-order valence-electron chi connectivity index (χ0n) is 19.9. The number of sulfonamides is 1. The van der Waals surface area contributed by atoms with Gasteiger partial charge in [-0.2, -0.15) is 4.31 Å². The largest absolute Gasteiger partial charge is 0.352 e. The summed E-state index contributed by atoms with van der Waals surface area (Å²) in [5.74, 6) is 0.766. The van der Waals surface area contributed by atoms with E-state index in [4.69, 9.17) is 0 Å². The molecule has 0 unspecified atom stereocenters. The Morgan fingerprint density at radius 2 is 1.31 bits per heavy atom. The quantitative estimate of drug-likeness (QED) is 0.402. The molecule has 1 aliphatic heterocycles. The van der Waals surface area contributed by atoms with E-state index in [1.807, 2.05) is 54.6 Å². The zero-order valence-corrected chi connectivity index (χ0v) is 20.7. The van der Waals surface area contributed by atoms with Gasteiger partial charge in [-0.15, -0.1) is 10.2 Å². The van der Waals surface area contributed by atoms with Crippen molar-refractivity contribution in [1.82, 2.24) is 14.5 Å². The average molecular weight is 485 g/mol. The summed E-state index contributed by atoms with van der Waals surface area (Å²) in [7, 11) is -3.55. The molecule has 2 heterocycles. The Kier molecular flexibility index (Phi) is 6.36. The first-order chi connectivity index (χ1) is 16.9. The van der Waals surface area contributed by atoms with E-state index in [0.717, 1.165) is 28.2 Å². The molecule has 1 aromatic heterocycles. The van der Waals surface area contributed by atoms with Gasteiger partial charge in [-0.05, 0) is 66.4 Å². The SMILES string of the molecule is Cc1ccc(-c2ccc(N3CCN(S(=O)(=O)c4ccc(-c5ccccc5)cc4)CC3)nn2)cc1C. The van der Waals surface area contributed by atoms with Crippen LogP contribution in [0.5, 0.6) is 0 Å². The van der Waals surface area contributed by atoms with Crippen LogP contribution in [0.3, 0.4) is 0 Å². The minimum atomic E-state index is -3.55. The van der Waals surface area contributed by atoms with Crippen LogP contribution in [0.2, 0.25) is 0 Å². The third-order valence-corrected chi connectivity index (χ3v) is 8.53. The number of hydrogen-bond acceptors (Lipinski definition) is 5. The molecule has 6 nitrogen and oxygen atoms in total. The second-order valence-corrected chi connectivity index (χ2v) is 10.8. The molecule has 0 radical (unpaired) electrons. The van der Waals surface area contributed by atoms with Crippen molar-refractivity contribution in [3.63, 3.8) is 0 Å². The monoisotopic (exact) mass is 484 g/mol. The third kappa shape index (κ3) is 4.83. The highest BCUT2D eigenvalue weighted by molar-refractivity contribution is 7.89. The first-order valence-electron chi connectivity index (χ1n) is 11.7. The Morgan fingerprint density at radius 1 is 0.657 bits per heavy atom. The molecule has 4 aromatic rings. The van der Waals surface area contributed by atoms with E-state index >= 15 is 0 Å². The summed E-state index contributed by atoms with van der Waals surface area (Å²) in [5, 5.41) is 8.84. The highest BCUT2D eigenvalue weighted by atomic mass is 32.2. The van der Waals surface area contributed by atoms with E-state index < -0.39 is 10.0 Å². The van der Waals surface area contributed by atoms with E-state index in [0.29, 0.717) is 31.1 Å². The predicted octanol–water partition coefficient (Wildman–Crippen LogP) is 4.94. The number of anilines is 1. The maximum Gasteiger partial charge on any atom is 0.243 e. The Bertz CT molecular complexity index is 1410. The molecule has 1 fully saturated rings. The highest BCUT2D eigenvalue weighted by Crippen LogP contribution is 2.25. The van der Waals surface area contributed by atoms with Crippen LogP contribution in [0.1, 0.15) is 11.1 Å². The van der Waals surface area contributed by atoms with Crippen molar-refractivity contribution in [1.29, 1.82) is 0 Å². The predicted molar refractivity (Wildman–Crippen MR) is 140 cm³/mol. The van der Waals surface area contributed by atoms with E-state index in [-0.39, 0.29) is 0 Å². The lowest BCUT2D eigenvalue weighted by molar-refractivity contribution is 0.383. The molecule has 5 rings (SSSR count). The molecular weight excluding hydrogens is 456 g/mol. The van der Waals surface area contributed by atoms with Gasteiger partial charge in [-0.25, -0.2) is 8.42 Å². The second-order valence-electron chi connectivity index (χ2n) is 8.86. The van der Waals surface area contributed by atoms with Crippen LogP contribution in [-0.2, 0) is 10.0 Å². The van der Waals surface area contributed by atoms with Gasteiger partial charge in [0.1, 0.15) is 0 Å². The number of piperazine rings is 1. The fourth-order valence-electron chi connectivity index (χ4n) is 4.31. The molecule has 3 aromatic carbocycles. The molecule has 1 aliphatic rings. The lowest BCUT2D eigenvalue weighted by atomic mass is 10.0. The maximum absolute atomic E-state index is 13.2. The van der Waals surface area contributed by atoms with Crippen molar-refractivity contribution >= 4 is 15.8 Å². The van der Waals surface area contributed by atoms with Gasteiger partial charge >= 0.3 is 0 Å². The molecule has 0 bridgehead atoms. The Morgan fingerprint density at radius 3 is 1.94 bits per heavy atom. The standard InChI is InChI=1S/C28H28N4O2S/c1-21-8-9-25(20-22(21)2)27-14-15-28(30-29-27)31-16-18-32(19-17-31)35(33,34)26-12-10-24(11-13-26)23-6-4-3-5-7-23/h3-15,20H,16-19H2,1-2H3. The lowest BCUT2D eigenvalue weighted by Gasteiger charge is -2.34. The number of hydrogen-bond donors (Lipinski definition) is 0. The Hall–Kier alpha value is -3.55. The van der Waals surface area contributed by atoms with Crippen LogP contribution in [0.15, 0.2) is 89.8 Å². The second kappa shape index (κ2) is 9.60. The van der Waals surface area contributed by atoms with E-state index in [2.05, 4.69) is 47.1 Å². The number of aromatic nitrogens is 2. The minimum absolute atomic E-state index is 0.322. The van der Waals surface area contributed by atoms with Gasteiger partial charge in [0.05, 0.1) is 10.6 Å². The average Bonchev–Trinajstić information content (AvgIpc) is 2.91. The molecule has 0 N–H and O–H groups in total. The summed E-state index contributed by atoms with van der Waals surface area (Å²) < 4.78 is 28.0. The molecule has 7 heteroatoms. The smallest absolute Gasteiger partial charge is 0.243 e. The van der Waals surface area contributed by atoms with Crippen molar-refractivity contribution in [2.45, 2.75) is 18.7 Å². The molecule has 0 amide bonds. The van der Waals surface area contributed by atoms with Gasteiger partial charge in [0.2, 0.25) is 10.0 Å². The summed E-state index contributed by atoms with van der Waals surface area (Å²) in [5.41, 5.74) is 6.41. The molecule has 0 atom stereocenters. The summed E-state index contributed by atoms with van der Waals surface area (Å²) in [6.07, 6.45) is 0. The first kappa shape index (κ1) is 23.2. The molecule has 0 aliphatic carbocycles. The van der Waals surface area contributed by atoms with E-state index in [9.17, 15) is 8.42 Å². The van der Waals surface area contributed by atoms with Crippen LogP contribution in [0, 0.1) is 13.8 Å². The number of rotatable bonds is 5. The number of aryl methyl sites for hydroxylation is 2. The molecule has 0 spiro atoms. The van der Waals surface area contributed by atoms with Crippen molar-refractivity contribution in [2.75, 3.05) is 31.1 Å². The van der Waals surface area contributed by atoms with Crippen LogP contribution in [0.25, 0.3) is 22.4 Å². The van der Waals surface area contributed by atoms with Gasteiger partial charge in [0.25, 0.3) is 0 Å². The summed E-state index contributed by atoms with van der Waals surface area (Å²) >= 11 is 0. The summed E-state index contributed by atoms with van der Waals surface area (Å²) in [4.78, 5) is 2.41. The van der Waals surface area contributed by atoms with Crippen molar-refractivity contribution in [3.8, 4) is 22.4 Å². The molecule has 1 saturated heterocycles. The van der Waals surface area contributed by atoms with Gasteiger partial charge < -0.3 is 4.90 Å². The Labute approximate surface area is 206 Å². The van der Waals surface area contributed by atoms with Crippen LogP contribution in [-0.4, -0.2) is 49.1 Å². The van der Waals surface area contributed by atoms with Crippen molar-refractivity contribution < 1.29 is 8.42 Å². The lowest BCUT2D eigenvalue weighted by Crippen LogP contribution is -2.48. The Balaban J connectivity index is 1.24. The van der Waals surface area contributed by atoms with Crippen LogP contribution in [0.4, 0.5) is 5.82 Å². The highest BCUT2D eigenvalue weighted by Gasteiger charge is 2.29. The fraction of sp³-hybridized carbons (Fsp3) is 0.214. The first-order valence-corrected chi connectivity index (χ1v) is 13.2. The van der Waals surface area contributed by atoms with Gasteiger partial charge in [0.15, 0.2) is 5.82 Å². The van der Waals surface area contributed by atoms with Crippen LogP contribution >= 0.6 is 0 Å². The molecule has 35 heavy (non-hydrogen) atoms. The molecule has 178 valence electrons. The van der Waals surface area contributed by atoms with Gasteiger partial charge in [-0.1, -0.05) is 54.6 Å². The fourth-order valence-corrected chi connectivity index (χ4v) is 5.73. The van der Waals surface area contributed by atoms with Gasteiger partial charge in [0, 0.05) is 31.7 Å². The molecule has 0 saturated carbocycles. The summed E-state index contributed by atoms with van der Waals surface area (Å²) in [6, 6.07) is 27.3. The topological polar surface area (TPSA) is 66.4 Å². The van der Waals surface area contributed by atoms with E-state index in [1.165, 1.54) is 11.1 Å². The normalized spacial score (nSPS) is 14.7.